The fraction of sp³-hybridized carbons (Fsp3) is 0.818. The van der Waals surface area contributed by atoms with E-state index >= 15 is 0 Å². The summed E-state index contributed by atoms with van der Waals surface area (Å²) in [7, 11) is -3.86. The van der Waals surface area contributed by atoms with Crippen LogP contribution in [0.25, 0.3) is 0 Å². The number of hydrogen-bond donors (Lipinski definition) is 2. The van der Waals surface area contributed by atoms with Gasteiger partial charge in [0.15, 0.2) is 0 Å². The average molecular weight is 289 g/mol. The van der Waals surface area contributed by atoms with Gasteiger partial charge in [-0.2, -0.15) is 13.1 Å². The minimum Gasteiger partial charge on any atom is -0.378 e. The highest BCUT2D eigenvalue weighted by Gasteiger charge is 2.57. The Morgan fingerprint density at radius 2 is 2.21 bits per heavy atom. The van der Waals surface area contributed by atoms with Crippen molar-refractivity contribution in [1.29, 1.82) is 0 Å². The Balaban J connectivity index is 2.13. The zero-order valence-electron chi connectivity index (χ0n) is 11.3. The molecule has 1 fully saturated rings. The Kier molecular flexibility index (Phi) is 3.57. The molecule has 7 nitrogen and oxygen atoms in total. The molecule has 19 heavy (non-hydrogen) atoms. The Hall–Kier alpha value is -1.15. The van der Waals surface area contributed by atoms with Gasteiger partial charge in [-0.3, -0.25) is 4.79 Å². The number of nitrogens with zero attached hydrogens (tertiary/aromatic N) is 1. The molecule has 8 heteroatoms. The monoisotopic (exact) mass is 289 g/mol. The van der Waals surface area contributed by atoms with E-state index in [4.69, 9.17) is 4.84 Å². The van der Waals surface area contributed by atoms with Crippen LogP contribution >= 0.6 is 0 Å². The number of carbonyl (C=O) groups excluding carboxylic acids is 1. The second-order valence-electron chi connectivity index (χ2n) is 5.37. The van der Waals surface area contributed by atoms with E-state index in [1.165, 1.54) is 0 Å². The molecule has 2 N–H and O–H groups in total. The lowest BCUT2D eigenvalue weighted by Crippen LogP contribution is -2.54. The van der Waals surface area contributed by atoms with Crippen LogP contribution < -0.4 is 9.44 Å². The number of rotatable bonds is 4. The molecule has 1 aliphatic carbocycles. The van der Waals surface area contributed by atoms with Gasteiger partial charge in [0.2, 0.25) is 5.60 Å². The van der Waals surface area contributed by atoms with E-state index in [0.717, 1.165) is 18.6 Å². The summed E-state index contributed by atoms with van der Waals surface area (Å²) in [5, 5.41) is 3.85. The molecule has 2 aliphatic rings. The fourth-order valence-corrected chi connectivity index (χ4v) is 3.81. The minimum atomic E-state index is -3.86. The van der Waals surface area contributed by atoms with E-state index in [2.05, 4.69) is 9.88 Å². The van der Waals surface area contributed by atoms with Gasteiger partial charge in [0, 0.05) is 6.04 Å². The number of oxime groups is 1. The third kappa shape index (κ3) is 2.59. The van der Waals surface area contributed by atoms with E-state index in [9.17, 15) is 13.2 Å². The maximum atomic E-state index is 12.3. The van der Waals surface area contributed by atoms with Crippen LogP contribution in [0.15, 0.2) is 5.16 Å². The summed E-state index contributed by atoms with van der Waals surface area (Å²) in [5.74, 6) is -0.759. The fourth-order valence-electron chi connectivity index (χ4n) is 2.71. The van der Waals surface area contributed by atoms with Gasteiger partial charge in [-0.05, 0) is 40.0 Å². The molecule has 1 aliphatic heterocycles. The summed E-state index contributed by atoms with van der Waals surface area (Å²) in [4.78, 5) is 17.5. The van der Waals surface area contributed by atoms with Gasteiger partial charge in [-0.25, -0.2) is 4.72 Å². The van der Waals surface area contributed by atoms with Crippen LogP contribution in [-0.4, -0.2) is 31.7 Å². The van der Waals surface area contributed by atoms with Crippen LogP contribution in [0.1, 0.15) is 40.0 Å². The van der Waals surface area contributed by atoms with Crippen LogP contribution in [0, 0.1) is 5.92 Å². The van der Waals surface area contributed by atoms with Crippen molar-refractivity contribution in [2.45, 2.75) is 51.7 Å². The number of hydrogen-bond acceptors (Lipinski definition) is 5. The molecular weight excluding hydrogens is 270 g/mol. The predicted octanol–water partition coefficient (Wildman–Crippen LogP) is 0.290. The Morgan fingerprint density at radius 1 is 1.53 bits per heavy atom. The number of carbonyl (C=O) groups is 1. The second kappa shape index (κ2) is 4.75. The second-order valence-corrected chi connectivity index (χ2v) is 6.81. The molecule has 0 bridgehead atoms. The lowest BCUT2D eigenvalue weighted by molar-refractivity contribution is -0.144. The summed E-state index contributed by atoms with van der Waals surface area (Å²) in [5.41, 5.74) is -0.391. The van der Waals surface area contributed by atoms with E-state index in [1.807, 2.05) is 4.72 Å². The zero-order chi connectivity index (χ0) is 14.3. The Labute approximate surface area is 112 Å². The van der Waals surface area contributed by atoms with Crippen molar-refractivity contribution in [3.63, 3.8) is 0 Å². The van der Waals surface area contributed by atoms with Crippen molar-refractivity contribution in [2.75, 3.05) is 0 Å². The van der Waals surface area contributed by atoms with E-state index in [1.54, 1.807) is 20.8 Å². The third-order valence-corrected chi connectivity index (χ3v) is 4.70. The molecule has 0 aromatic rings. The van der Waals surface area contributed by atoms with E-state index < -0.39 is 21.7 Å². The average Bonchev–Trinajstić information content (AvgIpc) is 2.78. The van der Waals surface area contributed by atoms with Gasteiger partial charge in [0.05, 0.1) is 11.6 Å². The normalized spacial score (nSPS) is 29.9. The topological polar surface area (TPSA) is 96.9 Å². The minimum absolute atomic E-state index is 0.123. The van der Waals surface area contributed by atoms with Crippen LogP contribution in [-0.2, 0) is 19.8 Å². The molecule has 0 radical (unpaired) electrons. The highest BCUT2D eigenvalue weighted by Crippen LogP contribution is 2.43. The van der Waals surface area contributed by atoms with Crippen molar-refractivity contribution in [2.24, 2.45) is 11.1 Å². The number of fused-ring (bicyclic) bond motifs is 1. The highest BCUT2D eigenvalue weighted by molar-refractivity contribution is 7.88. The first-order chi connectivity index (χ1) is 8.77. The largest absolute Gasteiger partial charge is 0.378 e. The van der Waals surface area contributed by atoms with Crippen LogP contribution in [0.3, 0.4) is 0 Å². The van der Waals surface area contributed by atoms with Gasteiger partial charge in [-0.1, -0.05) is 5.16 Å². The molecule has 1 amide bonds. The van der Waals surface area contributed by atoms with Crippen molar-refractivity contribution in [3.8, 4) is 0 Å². The molecule has 2 rings (SSSR count). The predicted molar refractivity (Wildman–Crippen MR) is 69.6 cm³/mol. The summed E-state index contributed by atoms with van der Waals surface area (Å²) < 4.78 is 27.8. The lowest BCUT2D eigenvalue weighted by atomic mass is 9.88. The molecule has 0 aromatic carbocycles. The molecule has 2 atom stereocenters. The molecule has 0 spiro atoms. The smallest absolute Gasteiger partial charge is 0.301 e. The maximum Gasteiger partial charge on any atom is 0.301 e. The standard InChI is InChI=1S/C11H19N3O4S/c1-7(2)13-19(16,17)14-10(15)11-6-4-5-9(11)8(3)12-18-11/h7,9,13H,4-6H2,1-3H3,(H,14,15). The van der Waals surface area contributed by atoms with Crippen molar-refractivity contribution < 1.29 is 18.0 Å². The first-order valence-electron chi connectivity index (χ1n) is 6.34. The van der Waals surface area contributed by atoms with E-state index in [0.29, 0.717) is 6.42 Å². The summed E-state index contributed by atoms with van der Waals surface area (Å²) in [6.07, 6.45) is 2.10. The molecule has 1 saturated carbocycles. The van der Waals surface area contributed by atoms with Gasteiger partial charge >= 0.3 is 10.2 Å². The van der Waals surface area contributed by atoms with Gasteiger partial charge < -0.3 is 4.84 Å². The molecule has 108 valence electrons. The maximum absolute atomic E-state index is 12.3. The van der Waals surface area contributed by atoms with Crippen molar-refractivity contribution >= 4 is 21.8 Å². The van der Waals surface area contributed by atoms with Crippen LogP contribution in [0.2, 0.25) is 0 Å². The third-order valence-electron chi connectivity index (χ3n) is 3.46. The summed E-state index contributed by atoms with van der Waals surface area (Å²) >= 11 is 0. The van der Waals surface area contributed by atoms with Crippen LogP contribution in [0.5, 0.6) is 0 Å². The number of nitrogens with one attached hydrogen (secondary N) is 2. The van der Waals surface area contributed by atoms with Crippen molar-refractivity contribution in [3.05, 3.63) is 0 Å². The molecule has 2 unspecified atom stereocenters. The number of amides is 1. The van der Waals surface area contributed by atoms with Gasteiger partial charge in [-0.15, -0.1) is 0 Å². The van der Waals surface area contributed by atoms with Crippen molar-refractivity contribution in [1.82, 2.24) is 9.44 Å². The quantitative estimate of drug-likeness (QED) is 0.777. The molecular formula is C11H19N3O4S. The summed E-state index contributed by atoms with van der Waals surface area (Å²) in [6.45, 7) is 5.16. The Bertz CT molecular complexity index is 514. The molecule has 0 saturated heterocycles. The molecule has 1 heterocycles. The molecule has 0 aromatic heterocycles. The van der Waals surface area contributed by atoms with Gasteiger partial charge in [0.25, 0.3) is 5.91 Å². The zero-order valence-corrected chi connectivity index (χ0v) is 12.1. The van der Waals surface area contributed by atoms with E-state index in [-0.39, 0.29) is 12.0 Å². The first-order valence-corrected chi connectivity index (χ1v) is 7.82. The van der Waals surface area contributed by atoms with Gasteiger partial charge in [0.1, 0.15) is 0 Å². The van der Waals surface area contributed by atoms with Crippen LogP contribution in [0.4, 0.5) is 0 Å². The first kappa shape index (κ1) is 14.3. The summed E-state index contributed by atoms with van der Waals surface area (Å²) in [6, 6.07) is -0.287. The Morgan fingerprint density at radius 3 is 2.84 bits per heavy atom. The lowest BCUT2D eigenvalue weighted by Gasteiger charge is -2.25. The SMILES string of the molecule is CC1=NOC2(C(=O)NS(=O)(=O)NC(C)C)CCCC12. The highest BCUT2D eigenvalue weighted by atomic mass is 32.2.